The van der Waals surface area contributed by atoms with E-state index in [0.29, 0.717) is 0 Å². The molecule has 0 aliphatic carbocycles. The number of hydrogen-bond acceptors (Lipinski definition) is 8. The zero-order valence-corrected chi connectivity index (χ0v) is 16.1. The van der Waals surface area contributed by atoms with Crippen LogP contribution in [0.2, 0.25) is 0 Å². The van der Waals surface area contributed by atoms with Crippen LogP contribution in [0.15, 0.2) is 42.6 Å². The predicted octanol–water partition coefficient (Wildman–Crippen LogP) is 2.44. The number of carbonyl (C=O) groups is 1. The second-order valence-corrected chi connectivity index (χ2v) is 6.20. The molecular formula is C20H19FN8O2. The maximum atomic E-state index is 14.5. The SMILES string of the molecule is [2H]C([2H])([2H])N(C(=O)OC)c1c(N)nc(-c2nn(C([2H])([2H])c3ccccc3F)c3ncccc23)nc1N. The van der Waals surface area contributed by atoms with Crippen LogP contribution in [-0.2, 0) is 11.2 Å². The molecule has 0 radical (unpaired) electrons. The number of nitrogen functional groups attached to an aromatic ring is 2. The third-order valence-corrected chi connectivity index (χ3v) is 4.27. The van der Waals surface area contributed by atoms with Crippen molar-refractivity contribution in [2.24, 2.45) is 0 Å². The number of carbonyl (C=O) groups excluding carboxylic acids is 1. The van der Waals surface area contributed by atoms with Gasteiger partial charge in [0.25, 0.3) is 0 Å². The van der Waals surface area contributed by atoms with Crippen LogP contribution in [-0.4, -0.2) is 44.9 Å². The maximum absolute atomic E-state index is 14.5. The van der Waals surface area contributed by atoms with Gasteiger partial charge in [0.2, 0.25) is 0 Å². The van der Waals surface area contributed by atoms with Gasteiger partial charge in [-0.15, -0.1) is 0 Å². The molecule has 0 aliphatic heterocycles. The van der Waals surface area contributed by atoms with Crippen molar-refractivity contribution in [3.8, 4) is 11.5 Å². The van der Waals surface area contributed by atoms with Crippen LogP contribution in [0.3, 0.4) is 0 Å². The number of pyridine rings is 1. The van der Waals surface area contributed by atoms with Crippen LogP contribution < -0.4 is 16.4 Å². The van der Waals surface area contributed by atoms with Gasteiger partial charge >= 0.3 is 6.09 Å². The Morgan fingerprint density at radius 1 is 1.26 bits per heavy atom. The van der Waals surface area contributed by atoms with E-state index in [1.54, 1.807) is 12.1 Å². The molecule has 158 valence electrons. The number of halogens is 1. The number of benzene rings is 1. The number of rotatable bonds is 4. The summed E-state index contributed by atoms with van der Waals surface area (Å²) in [6.45, 7) is -5.50. The number of aromatic nitrogens is 5. The molecular weight excluding hydrogens is 403 g/mol. The van der Waals surface area contributed by atoms with E-state index in [0.717, 1.165) is 17.9 Å². The molecule has 0 atom stereocenters. The molecule has 31 heavy (non-hydrogen) atoms. The first-order valence-corrected chi connectivity index (χ1v) is 8.78. The molecule has 0 saturated carbocycles. The molecule has 3 aromatic heterocycles. The van der Waals surface area contributed by atoms with Crippen molar-refractivity contribution < 1.29 is 20.8 Å². The lowest BCUT2D eigenvalue weighted by Crippen LogP contribution is -2.28. The minimum absolute atomic E-state index is 0.0123. The molecule has 0 saturated heterocycles. The fourth-order valence-corrected chi connectivity index (χ4v) is 2.87. The number of hydrogen-bond donors (Lipinski definition) is 2. The summed E-state index contributed by atoms with van der Waals surface area (Å²) in [5.74, 6) is -1.93. The molecule has 3 heterocycles. The lowest BCUT2D eigenvalue weighted by molar-refractivity contribution is 0.180. The molecule has 0 aliphatic rings. The van der Waals surface area contributed by atoms with Crippen LogP contribution in [0.5, 0.6) is 0 Å². The molecule has 0 fully saturated rings. The third kappa shape index (κ3) is 3.56. The van der Waals surface area contributed by atoms with Crippen LogP contribution in [0, 0.1) is 5.82 Å². The summed E-state index contributed by atoms with van der Waals surface area (Å²) in [6, 6.07) is 8.43. The topological polar surface area (TPSA) is 138 Å². The highest BCUT2D eigenvalue weighted by Gasteiger charge is 2.23. The molecule has 0 spiro atoms. The van der Waals surface area contributed by atoms with Gasteiger partial charge in [-0.05, 0) is 18.2 Å². The second kappa shape index (κ2) is 7.86. The molecule has 1 aromatic carbocycles. The highest BCUT2D eigenvalue weighted by molar-refractivity contribution is 5.96. The Kier molecular flexibility index (Phi) is 3.72. The van der Waals surface area contributed by atoms with Gasteiger partial charge in [-0.25, -0.2) is 28.8 Å². The third-order valence-electron chi connectivity index (χ3n) is 4.27. The Labute approximate surface area is 183 Å². The maximum Gasteiger partial charge on any atom is 0.413 e. The van der Waals surface area contributed by atoms with Gasteiger partial charge in [0, 0.05) is 22.8 Å². The Balaban J connectivity index is 1.92. The number of fused-ring (bicyclic) bond motifs is 1. The number of ether oxygens (including phenoxy) is 1. The zero-order chi connectivity index (χ0) is 26.4. The van der Waals surface area contributed by atoms with Crippen molar-refractivity contribution in [3.63, 3.8) is 0 Å². The molecule has 1 amide bonds. The number of amides is 1. The number of nitrogens with two attached hydrogens (primary N) is 2. The van der Waals surface area contributed by atoms with Crippen LogP contribution in [0.4, 0.5) is 26.5 Å². The second-order valence-electron chi connectivity index (χ2n) is 6.20. The van der Waals surface area contributed by atoms with E-state index in [1.807, 2.05) is 0 Å². The first-order valence-electron chi connectivity index (χ1n) is 11.3. The van der Waals surface area contributed by atoms with E-state index in [9.17, 15) is 9.18 Å². The first-order chi connectivity index (χ1) is 16.9. The first kappa shape index (κ1) is 14.7. The van der Waals surface area contributed by atoms with Crippen LogP contribution in [0.1, 0.15) is 12.4 Å². The van der Waals surface area contributed by atoms with Gasteiger partial charge in [0.1, 0.15) is 17.2 Å². The normalized spacial score (nSPS) is 14.2. The molecule has 10 nitrogen and oxygen atoms in total. The number of methoxy groups -OCH3 is 1. The summed E-state index contributed by atoms with van der Waals surface area (Å²) >= 11 is 0. The van der Waals surface area contributed by atoms with E-state index < -0.39 is 42.7 Å². The van der Waals surface area contributed by atoms with Crippen molar-refractivity contribution in [2.45, 2.75) is 6.50 Å². The van der Waals surface area contributed by atoms with Crippen LogP contribution >= 0.6 is 0 Å². The smallest absolute Gasteiger partial charge is 0.413 e. The molecule has 0 unspecified atom stereocenters. The molecule has 0 bridgehead atoms. The molecule has 4 N–H and O–H groups in total. The Hall–Kier alpha value is -4.28. The van der Waals surface area contributed by atoms with Gasteiger partial charge < -0.3 is 16.2 Å². The van der Waals surface area contributed by atoms with Gasteiger partial charge in [-0.3, -0.25) is 4.90 Å². The Bertz CT molecular complexity index is 1450. The number of nitrogens with zero attached hydrogens (tertiary/aromatic N) is 6. The van der Waals surface area contributed by atoms with E-state index in [4.69, 9.17) is 18.3 Å². The lowest BCUT2D eigenvalue weighted by atomic mass is 10.2. The fourth-order valence-electron chi connectivity index (χ4n) is 2.87. The average molecular weight is 427 g/mol. The van der Waals surface area contributed by atoms with Crippen molar-refractivity contribution >= 4 is 34.4 Å². The zero-order valence-electron chi connectivity index (χ0n) is 21.1. The summed E-state index contributed by atoms with van der Waals surface area (Å²) in [5, 5.41) is 4.55. The van der Waals surface area contributed by atoms with Crippen molar-refractivity contribution in [2.75, 3.05) is 30.5 Å². The summed E-state index contributed by atoms with van der Waals surface area (Å²) in [7, 11) is 0.984. The Morgan fingerprint density at radius 2 is 2.00 bits per heavy atom. The molecule has 4 rings (SSSR count). The quantitative estimate of drug-likeness (QED) is 0.506. The lowest BCUT2D eigenvalue weighted by Gasteiger charge is -2.18. The monoisotopic (exact) mass is 427 g/mol. The summed E-state index contributed by atoms with van der Waals surface area (Å²) in [5.41, 5.74) is 11.2. The van der Waals surface area contributed by atoms with E-state index in [-0.39, 0.29) is 33.0 Å². The van der Waals surface area contributed by atoms with E-state index >= 15 is 0 Å². The van der Waals surface area contributed by atoms with Gasteiger partial charge in [-0.1, -0.05) is 18.2 Å². The average Bonchev–Trinajstić information content (AvgIpc) is 3.21. The van der Waals surface area contributed by atoms with Gasteiger partial charge in [0.15, 0.2) is 23.1 Å². The fraction of sp³-hybridized carbons (Fsp3) is 0.150. The van der Waals surface area contributed by atoms with E-state index in [1.165, 1.54) is 24.4 Å². The van der Waals surface area contributed by atoms with Crippen molar-refractivity contribution in [1.82, 2.24) is 24.7 Å². The van der Waals surface area contributed by atoms with Crippen molar-refractivity contribution in [3.05, 3.63) is 54.0 Å². The minimum atomic E-state index is -3.02. The van der Waals surface area contributed by atoms with E-state index in [2.05, 4.69) is 24.8 Å². The number of anilines is 3. The van der Waals surface area contributed by atoms with Crippen molar-refractivity contribution in [1.29, 1.82) is 0 Å². The minimum Gasteiger partial charge on any atom is -0.452 e. The largest absolute Gasteiger partial charge is 0.452 e. The summed E-state index contributed by atoms with van der Waals surface area (Å²) in [6.07, 6.45) is 0.139. The highest BCUT2D eigenvalue weighted by Crippen LogP contribution is 2.32. The molecule has 4 aromatic rings. The summed E-state index contributed by atoms with van der Waals surface area (Å²) < 4.78 is 60.0. The predicted molar refractivity (Wildman–Crippen MR) is 114 cm³/mol. The van der Waals surface area contributed by atoms with Crippen LogP contribution in [0.25, 0.3) is 22.6 Å². The Morgan fingerprint density at radius 3 is 2.68 bits per heavy atom. The molecule has 11 heteroatoms. The standard InChI is InChI=1S/C20H19FN8O2/c1-28(20(30)31-2)15-16(22)25-18(26-17(15)23)14-12-7-5-9-24-19(12)29(27-14)10-11-6-3-4-8-13(11)21/h3-9H,10H2,1-2H3,(H4,22,23,25,26)/i1D3,10D2. The summed E-state index contributed by atoms with van der Waals surface area (Å²) in [4.78, 5) is 24.7. The highest BCUT2D eigenvalue weighted by atomic mass is 19.1. The van der Waals surface area contributed by atoms with Gasteiger partial charge in [-0.2, -0.15) is 5.10 Å². The van der Waals surface area contributed by atoms with Gasteiger partial charge in [0.05, 0.1) is 21.7 Å².